The molecule has 4 rings (SSSR count). The van der Waals surface area contributed by atoms with Gasteiger partial charge in [-0.3, -0.25) is 9.69 Å². The van der Waals surface area contributed by atoms with E-state index < -0.39 is 11.9 Å². The molecular formula is C22H24FN3O7. The molecule has 3 N–H and O–H groups in total. The average Bonchev–Trinajstić information content (AvgIpc) is 3.27. The highest BCUT2D eigenvalue weighted by atomic mass is 19.1. The fourth-order valence-corrected chi connectivity index (χ4v) is 3.38. The molecule has 0 bridgehead atoms. The Kier molecular flexibility index (Phi) is 8.03. The maximum atomic E-state index is 13.9. The van der Waals surface area contributed by atoms with Crippen molar-refractivity contribution in [2.24, 2.45) is 0 Å². The maximum Gasteiger partial charge on any atom is 0.414 e. The lowest BCUT2D eigenvalue weighted by Crippen LogP contribution is -2.47. The molecule has 0 radical (unpaired) electrons. The minimum absolute atomic E-state index is 0.0367. The zero-order valence-corrected chi connectivity index (χ0v) is 17.7. The summed E-state index contributed by atoms with van der Waals surface area (Å²) in [6, 6.07) is 12.2. The molecule has 11 heteroatoms. The first-order chi connectivity index (χ1) is 15.8. The SMILES string of the molecule is O=C(CCN1CCN(c2ccccc2F)CC1)Nc1ccc2c(c1)OCO2.O=C(O)C(=O)O. The Morgan fingerprint density at radius 2 is 1.61 bits per heavy atom. The van der Waals surface area contributed by atoms with Crippen LogP contribution in [0.1, 0.15) is 6.42 Å². The highest BCUT2D eigenvalue weighted by molar-refractivity contribution is 6.27. The minimum Gasteiger partial charge on any atom is -0.473 e. The Bertz CT molecular complexity index is 997. The van der Waals surface area contributed by atoms with Gasteiger partial charge in [-0.2, -0.15) is 0 Å². The number of para-hydroxylation sites is 1. The predicted octanol–water partition coefficient (Wildman–Crippen LogP) is 1.86. The molecule has 0 aromatic heterocycles. The number of ether oxygens (including phenoxy) is 2. The van der Waals surface area contributed by atoms with Gasteiger partial charge in [0, 0.05) is 50.9 Å². The molecule has 2 aliphatic rings. The molecule has 1 amide bonds. The number of carbonyl (C=O) groups excluding carboxylic acids is 1. The topological polar surface area (TPSA) is 129 Å². The maximum absolute atomic E-state index is 13.9. The smallest absolute Gasteiger partial charge is 0.414 e. The zero-order chi connectivity index (χ0) is 23.8. The van der Waals surface area contributed by atoms with Crippen LogP contribution in [0.4, 0.5) is 15.8 Å². The van der Waals surface area contributed by atoms with Crippen LogP contribution in [0.3, 0.4) is 0 Å². The molecule has 0 aliphatic carbocycles. The van der Waals surface area contributed by atoms with Gasteiger partial charge in [0.2, 0.25) is 12.7 Å². The quantitative estimate of drug-likeness (QED) is 0.572. The van der Waals surface area contributed by atoms with Gasteiger partial charge in [-0.15, -0.1) is 0 Å². The second kappa shape index (κ2) is 11.1. The third-order valence-corrected chi connectivity index (χ3v) is 5.06. The van der Waals surface area contributed by atoms with Crippen molar-refractivity contribution in [3.63, 3.8) is 0 Å². The standard InChI is InChI=1S/C20H22FN3O3.C2H2O4/c21-16-3-1-2-4-17(16)24-11-9-23(10-12-24)8-7-20(25)22-15-5-6-18-19(13-15)27-14-26-18;3-1(4)2(5)6/h1-6,13H,7-12,14H2,(H,22,25);(H,3,4)(H,5,6). The number of benzene rings is 2. The number of hydrogen-bond acceptors (Lipinski definition) is 7. The molecule has 0 saturated carbocycles. The van der Waals surface area contributed by atoms with Crippen LogP contribution in [0.2, 0.25) is 0 Å². The Morgan fingerprint density at radius 1 is 0.939 bits per heavy atom. The van der Waals surface area contributed by atoms with E-state index in [0.717, 1.165) is 26.2 Å². The number of fused-ring (bicyclic) bond motifs is 1. The number of carboxylic acid groups (broad SMARTS) is 2. The molecular weight excluding hydrogens is 437 g/mol. The fraction of sp³-hybridized carbons (Fsp3) is 0.318. The minimum atomic E-state index is -1.82. The van der Waals surface area contributed by atoms with Gasteiger partial charge in [0.1, 0.15) is 5.82 Å². The van der Waals surface area contributed by atoms with E-state index in [2.05, 4.69) is 15.1 Å². The monoisotopic (exact) mass is 461 g/mol. The van der Waals surface area contributed by atoms with E-state index in [1.54, 1.807) is 24.3 Å². The van der Waals surface area contributed by atoms with Crippen LogP contribution in [-0.4, -0.2) is 72.5 Å². The Hall–Kier alpha value is -3.86. The van der Waals surface area contributed by atoms with Gasteiger partial charge >= 0.3 is 11.9 Å². The summed E-state index contributed by atoms with van der Waals surface area (Å²) in [7, 11) is 0. The Labute approximate surface area is 189 Å². The lowest BCUT2D eigenvalue weighted by atomic mass is 10.2. The van der Waals surface area contributed by atoms with Gasteiger partial charge in [-0.05, 0) is 24.3 Å². The number of piperazine rings is 1. The molecule has 2 aliphatic heterocycles. The number of rotatable bonds is 5. The molecule has 33 heavy (non-hydrogen) atoms. The Balaban J connectivity index is 0.000000454. The van der Waals surface area contributed by atoms with E-state index in [1.807, 2.05) is 12.1 Å². The van der Waals surface area contributed by atoms with Crippen LogP contribution < -0.4 is 19.7 Å². The first-order valence-corrected chi connectivity index (χ1v) is 10.2. The highest BCUT2D eigenvalue weighted by Crippen LogP contribution is 2.34. The van der Waals surface area contributed by atoms with Crippen molar-refractivity contribution >= 4 is 29.2 Å². The second-order valence-corrected chi connectivity index (χ2v) is 7.26. The molecule has 2 heterocycles. The zero-order valence-electron chi connectivity index (χ0n) is 17.7. The number of carboxylic acids is 2. The number of aliphatic carboxylic acids is 2. The highest BCUT2D eigenvalue weighted by Gasteiger charge is 2.20. The summed E-state index contributed by atoms with van der Waals surface area (Å²) in [5.41, 5.74) is 1.35. The second-order valence-electron chi connectivity index (χ2n) is 7.26. The van der Waals surface area contributed by atoms with E-state index in [4.69, 9.17) is 29.3 Å². The summed E-state index contributed by atoms with van der Waals surface area (Å²) in [5, 5.41) is 17.7. The number of carbonyl (C=O) groups is 3. The summed E-state index contributed by atoms with van der Waals surface area (Å²) >= 11 is 0. The van der Waals surface area contributed by atoms with Crippen LogP contribution in [0, 0.1) is 5.82 Å². The first kappa shape index (κ1) is 23.8. The predicted molar refractivity (Wildman–Crippen MR) is 116 cm³/mol. The van der Waals surface area contributed by atoms with Crippen molar-refractivity contribution in [2.75, 3.05) is 49.7 Å². The molecule has 2 aromatic rings. The lowest BCUT2D eigenvalue weighted by molar-refractivity contribution is -0.159. The van der Waals surface area contributed by atoms with E-state index in [1.165, 1.54) is 6.07 Å². The molecule has 0 unspecified atom stereocenters. The van der Waals surface area contributed by atoms with Crippen molar-refractivity contribution in [1.29, 1.82) is 0 Å². The number of hydrogen-bond donors (Lipinski definition) is 3. The summed E-state index contributed by atoms with van der Waals surface area (Å²) in [6.07, 6.45) is 0.411. The van der Waals surface area contributed by atoms with Crippen molar-refractivity contribution < 1.29 is 38.5 Å². The van der Waals surface area contributed by atoms with Crippen LogP contribution in [0.15, 0.2) is 42.5 Å². The van der Waals surface area contributed by atoms with Gasteiger partial charge in [0.15, 0.2) is 11.5 Å². The van der Waals surface area contributed by atoms with Crippen molar-refractivity contribution in [1.82, 2.24) is 4.90 Å². The third-order valence-electron chi connectivity index (χ3n) is 5.06. The fourth-order valence-electron chi connectivity index (χ4n) is 3.38. The van der Waals surface area contributed by atoms with Gasteiger partial charge in [-0.25, -0.2) is 14.0 Å². The van der Waals surface area contributed by atoms with Crippen LogP contribution in [-0.2, 0) is 14.4 Å². The van der Waals surface area contributed by atoms with Gasteiger partial charge in [0.05, 0.1) is 5.69 Å². The normalized spacial score (nSPS) is 14.8. The molecule has 1 saturated heterocycles. The summed E-state index contributed by atoms with van der Waals surface area (Å²) in [4.78, 5) is 34.7. The van der Waals surface area contributed by atoms with Gasteiger partial charge < -0.3 is 29.9 Å². The van der Waals surface area contributed by atoms with Crippen LogP contribution in [0.5, 0.6) is 11.5 Å². The number of anilines is 2. The number of nitrogens with one attached hydrogen (secondary N) is 1. The van der Waals surface area contributed by atoms with E-state index in [0.29, 0.717) is 35.8 Å². The number of amides is 1. The summed E-state index contributed by atoms with van der Waals surface area (Å²) < 4.78 is 24.5. The third kappa shape index (κ3) is 6.81. The van der Waals surface area contributed by atoms with Crippen molar-refractivity contribution in [2.45, 2.75) is 6.42 Å². The summed E-state index contributed by atoms with van der Waals surface area (Å²) in [6.45, 7) is 4.03. The van der Waals surface area contributed by atoms with Crippen molar-refractivity contribution in [3.8, 4) is 11.5 Å². The van der Waals surface area contributed by atoms with E-state index >= 15 is 0 Å². The molecule has 10 nitrogen and oxygen atoms in total. The largest absolute Gasteiger partial charge is 0.473 e. The van der Waals surface area contributed by atoms with Crippen LogP contribution in [0.25, 0.3) is 0 Å². The van der Waals surface area contributed by atoms with Gasteiger partial charge in [0.25, 0.3) is 0 Å². The summed E-state index contributed by atoms with van der Waals surface area (Å²) in [5.74, 6) is -2.53. The molecule has 0 atom stereocenters. The number of halogens is 1. The lowest BCUT2D eigenvalue weighted by Gasteiger charge is -2.36. The molecule has 176 valence electrons. The average molecular weight is 461 g/mol. The van der Waals surface area contributed by atoms with Gasteiger partial charge in [-0.1, -0.05) is 12.1 Å². The van der Waals surface area contributed by atoms with E-state index in [-0.39, 0.29) is 18.5 Å². The molecule has 2 aromatic carbocycles. The Morgan fingerprint density at radius 3 is 2.27 bits per heavy atom. The molecule has 1 fully saturated rings. The molecule has 0 spiro atoms. The van der Waals surface area contributed by atoms with E-state index in [9.17, 15) is 9.18 Å². The first-order valence-electron chi connectivity index (χ1n) is 10.2. The van der Waals surface area contributed by atoms with Crippen LogP contribution >= 0.6 is 0 Å². The number of nitrogens with zero attached hydrogens (tertiary/aromatic N) is 2. The van der Waals surface area contributed by atoms with Crippen molar-refractivity contribution in [3.05, 3.63) is 48.3 Å².